The normalized spacial score (nSPS) is 10.6. The summed E-state index contributed by atoms with van der Waals surface area (Å²) in [6, 6.07) is 13.2. The van der Waals surface area contributed by atoms with Crippen LogP contribution in [-0.4, -0.2) is 20.6 Å². The molecule has 0 fully saturated rings. The van der Waals surface area contributed by atoms with E-state index in [9.17, 15) is 20.0 Å². The van der Waals surface area contributed by atoms with Crippen LogP contribution in [0.1, 0.15) is 32.9 Å². The molecule has 0 spiro atoms. The van der Waals surface area contributed by atoms with Crippen LogP contribution in [0, 0.1) is 24.0 Å². The van der Waals surface area contributed by atoms with Crippen molar-refractivity contribution in [1.82, 2.24) is 15.1 Å². The van der Waals surface area contributed by atoms with Gasteiger partial charge in [0.2, 0.25) is 0 Å². The van der Waals surface area contributed by atoms with Crippen LogP contribution in [0.15, 0.2) is 48.5 Å². The summed E-state index contributed by atoms with van der Waals surface area (Å²) in [5.41, 5.74) is 2.76. The van der Waals surface area contributed by atoms with Gasteiger partial charge in [-0.3, -0.25) is 19.6 Å². The van der Waals surface area contributed by atoms with Gasteiger partial charge < -0.3 is 10.4 Å². The van der Waals surface area contributed by atoms with E-state index in [1.54, 1.807) is 11.6 Å². The van der Waals surface area contributed by atoms with E-state index in [4.69, 9.17) is 0 Å². The zero-order chi connectivity index (χ0) is 20.3. The van der Waals surface area contributed by atoms with Gasteiger partial charge >= 0.3 is 0 Å². The number of hydrogen-bond donors (Lipinski definition) is 1. The molecule has 1 heterocycles. The van der Waals surface area contributed by atoms with E-state index in [-0.39, 0.29) is 29.5 Å². The zero-order valence-electron chi connectivity index (χ0n) is 15.5. The number of carbonyl (C=O) groups excluding carboxylic acids is 1. The highest BCUT2D eigenvalue weighted by atomic mass is 16.6. The van der Waals surface area contributed by atoms with Crippen molar-refractivity contribution in [1.29, 1.82) is 0 Å². The molecule has 8 heteroatoms. The summed E-state index contributed by atoms with van der Waals surface area (Å²) in [4.78, 5) is 22.9. The summed E-state index contributed by atoms with van der Waals surface area (Å²) in [7, 11) is 0. The highest BCUT2D eigenvalue weighted by Crippen LogP contribution is 2.21. The number of hydrogen-bond acceptors (Lipinski definition) is 5. The lowest BCUT2D eigenvalue weighted by Gasteiger charge is -2.13. The minimum Gasteiger partial charge on any atom is -0.872 e. The van der Waals surface area contributed by atoms with Crippen LogP contribution in [0.5, 0.6) is 5.75 Å². The van der Waals surface area contributed by atoms with E-state index in [1.165, 1.54) is 6.07 Å². The van der Waals surface area contributed by atoms with Crippen LogP contribution >= 0.6 is 0 Å². The van der Waals surface area contributed by atoms with E-state index in [2.05, 4.69) is 10.4 Å². The maximum atomic E-state index is 12.7. The third-order valence-corrected chi connectivity index (χ3v) is 4.48. The third-order valence-electron chi connectivity index (χ3n) is 4.48. The Morgan fingerprint density at radius 1 is 1.18 bits per heavy atom. The lowest BCUT2D eigenvalue weighted by Crippen LogP contribution is -2.24. The fourth-order valence-electron chi connectivity index (χ4n) is 3.02. The molecule has 3 aromatic rings. The van der Waals surface area contributed by atoms with Gasteiger partial charge in [0.25, 0.3) is 11.6 Å². The molecule has 0 bridgehead atoms. The molecule has 0 saturated heterocycles. The topological polar surface area (TPSA) is 113 Å². The lowest BCUT2D eigenvalue weighted by molar-refractivity contribution is -0.385. The van der Waals surface area contributed by atoms with Crippen molar-refractivity contribution >= 4 is 11.6 Å². The van der Waals surface area contributed by atoms with Gasteiger partial charge in [-0.25, -0.2) is 0 Å². The number of non-ortho nitro benzene ring substituents is 1. The van der Waals surface area contributed by atoms with Crippen molar-refractivity contribution < 1.29 is 14.8 Å². The smallest absolute Gasteiger partial charge is 0.269 e. The summed E-state index contributed by atoms with van der Waals surface area (Å²) < 4.78 is 1.76. The van der Waals surface area contributed by atoms with Gasteiger partial charge in [0.05, 0.1) is 22.7 Å². The van der Waals surface area contributed by atoms with Crippen LogP contribution < -0.4 is 10.4 Å². The SMILES string of the molecule is Cc1nn(Cc2ccccc2)c(C)c1C(=O)NCc1cc([N+](=O)[O-])ccc1[O-]. The maximum Gasteiger partial charge on any atom is 0.269 e. The Kier molecular flexibility index (Phi) is 5.39. The fraction of sp³-hybridized carbons (Fsp3) is 0.200. The zero-order valence-corrected chi connectivity index (χ0v) is 15.5. The van der Waals surface area contributed by atoms with Gasteiger partial charge in [0, 0.05) is 24.4 Å². The maximum absolute atomic E-state index is 12.7. The van der Waals surface area contributed by atoms with E-state index in [0.717, 1.165) is 17.7 Å². The number of carbonyl (C=O) groups is 1. The first-order valence-corrected chi connectivity index (χ1v) is 8.67. The van der Waals surface area contributed by atoms with Gasteiger partial charge in [-0.1, -0.05) is 36.4 Å². The molecule has 3 rings (SSSR count). The summed E-state index contributed by atoms with van der Waals surface area (Å²) in [6.45, 7) is 4.00. The molecule has 0 saturated carbocycles. The van der Waals surface area contributed by atoms with Gasteiger partial charge in [-0.2, -0.15) is 5.10 Å². The number of rotatable bonds is 6. The second kappa shape index (κ2) is 7.91. The van der Waals surface area contributed by atoms with Crippen LogP contribution in [0.4, 0.5) is 5.69 Å². The first kappa shape index (κ1) is 19.1. The predicted molar refractivity (Wildman–Crippen MR) is 101 cm³/mol. The minimum absolute atomic E-state index is 0.0951. The molecule has 8 nitrogen and oxygen atoms in total. The fourth-order valence-corrected chi connectivity index (χ4v) is 3.02. The summed E-state index contributed by atoms with van der Waals surface area (Å²) in [6.07, 6.45) is 0. The largest absolute Gasteiger partial charge is 0.872 e. The van der Waals surface area contributed by atoms with E-state index in [1.807, 2.05) is 37.3 Å². The summed E-state index contributed by atoms with van der Waals surface area (Å²) in [5.74, 6) is -0.737. The van der Waals surface area contributed by atoms with Crippen LogP contribution in [0.3, 0.4) is 0 Å². The van der Waals surface area contributed by atoms with E-state index in [0.29, 0.717) is 23.5 Å². The second-order valence-corrected chi connectivity index (χ2v) is 6.42. The van der Waals surface area contributed by atoms with Crippen LogP contribution in [0.2, 0.25) is 0 Å². The Labute approximate surface area is 161 Å². The Hall–Kier alpha value is -3.68. The monoisotopic (exact) mass is 379 g/mol. The van der Waals surface area contributed by atoms with Crippen molar-refractivity contribution in [2.75, 3.05) is 0 Å². The number of aryl methyl sites for hydroxylation is 1. The second-order valence-electron chi connectivity index (χ2n) is 6.42. The van der Waals surface area contributed by atoms with Crippen molar-refractivity contribution in [3.05, 3.63) is 86.7 Å². The van der Waals surface area contributed by atoms with Gasteiger partial charge in [-0.15, -0.1) is 5.75 Å². The quantitative estimate of drug-likeness (QED) is 0.522. The Morgan fingerprint density at radius 3 is 2.57 bits per heavy atom. The molecule has 0 aliphatic carbocycles. The average Bonchev–Trinajstić information content (AvgIpc) is 2.94. The highest BCUT2D eigenvalue weighted by molar-refractivity contribution is 5.96. The summed E-state index contributed by atoms with van der Waals surface area (Å²) >= 11 is 0. The first-order valence-electron chi connectivity index (χ1n) is 8.67. The molecule has 1 amide bonds. The predicted octanol–water partition coefficient (Wildman–Crippen LogP) is 2.46. The van der Waals surface area contributed by atoms with Crippen molar-refractivity contribution in [3.8, 4) is 5.75 Å². The molecule has 0 radical (unpaired) electrons. The summed E-state index contributed by atoms with van der Waals surface area (Å²) in [5, 5.41) is 29.9. The number of nitro benzene ring substituents is 1. The van der Waals surface area contributed by atoms with Crippen molar-refractivity contribution in [2.45, 2.75) is 26.9 Å². The average molecular weight is 379 g/mol. The van der Waals surface area contributed by atoms with Crippen molar-refractivity contribution in [3.63, 3.8) is 0 Å². The molecule has 144 valence electrons. The van der Waals surface area contributed by atoms with Gasteiger partial charge in [-0.05, 0) is 25.0 Å². The number of benzene rings is 2. The van der Waals surface area contributed by atoms with Gasteiger partial charge in [0.15, 0.2) is 0 Å². The molecule has 0 unspecified atom stereocenters. The molecule has 28 heavy (non-hydrogen) atoms. The number of nitrogens with zero attached hydrogens (tertiary/aromatic N) is 3. The van der Waals surface area contributed by atoms with Crippen LogP contribution in [0.25, 0.3) is 0 Å². The molecule has 2 aromatic carbocycles. The molecule has 0 aliphatic rings. The molecule has 0 aliphatic heterocycles. The Bertz CT molecular complexity index is 1030. The van der Waals surface area contributed by atoms with E-state index >= 15 is 0 Å². The molecule has 1 aromatic heterocycles. The van der Waals surface area contributed by atoms with Crippen molar-refractivity contribution in [2.24, 2.45) is 0 Å². The van der Waals surface area contributed by atoms with Gasteiger partial charge in [0.1, 0.15) is 0 Å². The molecular formula is C20H19N4O4-. The third kappa shape index (κ3) is 4.01. The van der Waals surface area contributed by atoms with E-state index < -0.39 is 4.92 Å². The molecular weight excluding hydrogens is 360 g/mol. The number of nitro groups is 1. The lowest BCUT2D eigenvalue weighted by atomic mass is 10.1. The molecule has 0 atom stereocenters. The van der Waals surface area contributed by atoms with Crippen LogP contribution in [-0.2, 0) is 13.1 Å². The number of amides is 1. The minimum atomic E-state index is -0.577. The Balaban J connectivity index is 1.76. The number of nitrogens with one attached hydrogen (secondary N) is 1. The first-order chi connectivity index (χ1) is 13.4. The Morgan fingerprint density at radius 2 is 1.89 bits per heavy atom. The number of aromatic nitrogens is 2. The standard InChI is InChI=1S/C20H20N4O4/c1-13-19(14(2)23(22-13)12-15-6-4-3-5-7-15)20(26)21-11-16-10-17(24(27)28)8-9-18(16)25/h3-10,25H,11-12H2,1-2H3,(H,21,26)/p-1. The highest BCUT2D eigenvalue weighted by Gasteiger charge is 2.19. The molecule has 1 N–H and O–H groups in total.